The van der Waals surface area contributed by atoms with E-state index in [2.05, 4.69) is 15.9 Å². The Morgan fingerprint density at radius 3 is 2.59 bits per heavy atom. The van der Waals surface area contributed by atoms with Crippen molar-refractivity contribution < 1.29 is 8.69 Å². The maximum absolute atomic E-state index is 13.3. The summed E-state index contributed by atoms with van der Waals surface area (Å²) in [6.07, 6.45) is 0. The molecule has 1 unspecified atom stereocenters. The van der Waals surface area contributed by atoms with E-state index >= 15 is 0 Å². The van der Waals surface area contributed by atoms with Crippen molar-refractivity contribution in [2.75, 3.05) is 4.72 Å². The van der Waals surface area contributed by atoms with Gasteiger partial charge in [-0.15, -0.1) is 4.48 Å². The summed E-state index contributed by atoms with van der Waals surface area (Å²) in [4.78, 5) is -1.59. The third kappa shape index (κ3) is 3.66. The van der Waals surface area contributed by atoms with Gasteiger partial charge in [0.05, 0.1) is 5.69 Å². The summed E-state index contributed by atoms with van der Waals surface area (Å²) < 4.78 is 27.3. The molecule has 0 aliphatic heterocycles. The quantitative estimate of drug-likeness (QED) is 0.525. The second-order valence-corrected chi connectivity index (χ2v) is 7.28. The van der Waals surface area contributed by atoms with Crippen LogP contribution in [0.2, 0.25) is 0 Å². The Kier molecular flexibility index (Phi) is 4.97. The molecule has 0 fully saturated rings. The van der Waals surface area contributed by atoms with E-state index in [1.165, 1.54) is 0 Å². The molecule has 0 spiro atoms. The maximum atomic E-state index is 13.3. The molecule has 0 amide bonds. The molecule has 0 radical (unpaired) electrons. The molecule has 1 aromatic rings. The van der Waals surface area contributed by atoms with Gasteiger partial charge in [-0.25, -0.2) is 4.21 Å². The van der Waals surface area contributed by atoms with Crippen LogP contribution in [-0.2, 0) is 20.1 Å². The van der Waals surface area contributed by atoms with Crippen molar-refractivity contribution in [1.29, 1.82) is 0 Å². The fourth-order valence-corrected chi connectivity index (χ4v) is 3.43. The zero-order valence-electron chi connectivity index (χ0n) is 9.12. The van der Waals surface area contributed by atoms with Gasteiger partial charge in [0.25, 0.3) is 0 Å². The van der Waals surface area contributed by atoms with Crippen LogP contribution in [0.15, 0.2) is 18.2 Å². The molecule has 1 rings (SSSR count). The Morgan fingerprint density at radius 1 is 1.47 bits per heavy atom. The van der Waals surface area contributed by atoms with Crippen molar-refractivity contribution in [1.82, 2.24) is 4.53 Å². The Balaban J connectivity index is 3.03. The fraction of sp³-hybridized carbons (Fsp3) is 0.333. The molecule has 1 N–H and O–H groups in total. The minimum Gasteiger partial charge on any atom is -0.290 e. The predicted octanol–water partition coefficient (Wildman–Crippen LogP) is 3.24. The largest absolute Gasteiger partial charge is 0.290 e. The molecule has 3 nitrogen and oxygen atoms in total. The van der Waals surface area contributed by atoms with Crippen LogP contribution >= 0.6 is 23.2 Å². The van der Waals surface area contributed by atoms with Crippen molar-refractivity contribution in [3.05, 3.63) is 29.3 Å². The second-order valence-electron chi connectivity index (χ2n) is 3.37. The van der Waals surface area contributed by atoms with Gasteiger partial charge < -0.3 is 0 Å². The highest BCUT2D eigenvalue weighted by Crippen LogP contribution is 2.22. The van der Waals surface area contributed by atoms with Crippen LogP contribution in [0.4, 0.5) is 10.2 Å². The highest BCUT2D eigenvalue weighted by atomic mass is 35.5. The van der Waals surface area contributed by atoms with Gasteiger partial charge in [0.1, 0.15) is 0 Å². The molecule has 96 valence electrons. The Bertz CT molecular complexity index is 508. The van der Waals surface area contributed by atoms with Crippen molar-refractivity contribution in [2.45, 2.75) is 18.8 Å². The summed E-state index contributed by atoms with van der Waals surface area (Å²) in [5.74, 6) is 0. The lowest BCUT2D eigenvalue weighted by Crippen LogP contribution is -2.31. The molecule has 0 heterocycles. The van der Waals surface area contributed by atoms with Gasteiger partial charge in [-0.2, -0.15) is 0 Å². The van der Waals surface area contributed by atoms with E-state index in [9.17, 15) is 8.69 Å². The Morgan fingerprint density at radius 2 is 2.06 bits per heavy atom. The third-order valence-electron chi connectivity index (χ3n) is 2.23. The lowest BCUT2D eigenvalue weighted by molar-refractivity contribution is 0.163. The first-order valence-corrected chi connectivity index (χ1v) is 7.89. The summed E-state index contributed by atoms with van der Waals surface area (Å²) in [6, 6.07) is 5.28. The van der Waals surface area contributed by atoms with Crippen LogP contribution in [0, 0.1) is 13.8 Å². The molecule has 17 heavy (non-hydrogen) atoms. The number of hydrogen-bond donors (Lipinski definition) is 1. The number of hydrogen-bond acceptors (Lipinski definition) is 2. The third-order valence-corrected chi connectivity index (χ3v) is 4.63. The molecule has 0 saturated carbocycles. The van der Waals surface area contributed by atoms with Crippen molar-refractivity contribution in [3.63, 3.8) is 0 Å². The fourth-order valence-electron chi connectivity index (χ4n) is 1.15. The minimum absolute atomic E-state index is 0.285. The van der Waals surface area contributed by atoms with Crippen molar-refractivity contribution >= 4 is 48.9 Å². The lowest BCUT2D eigenvalue weighted by Gasteiger charge is -2.19. The van der Waals surface area contributed by atoms with Gasteiger partial charge in [0.2, 0.25) is 13.8 Å². The van der Waals surface area contributed by atoms with E-state index in [-0.39, 0.29) is 4.53 Å². The monoisotopic (exact) mass is 316 g/mol. The summed E-state index contributed by atoms with van der Waals surface area (Å²) in [7, 11) is -3.57. The van der Waals surface area contributed by atoms with Gasteiger partial charge in [0.15, 0.2) is 0 Å². The normalized spacial score (nSPS) is 15.0. The van der Waals surface area contributed by atoms with Crippen LogP contribution in [0.3, 0.4) is 0 Å². The maximum Gasteiger partial charge on any atom is 0.206 e. The minimum atomic E-state index is -3.57. The first-order chi connectivity index (χ1) is 7.75. The second kappa shape index (κ2) is 5.67. The van der Waals surface area contributed by atoms with Crippen LogP contribution in [0.1, 0.15) is 11.1 Å². The van der Waals surface area contributed by atoms with Crippen LogP contribution in [0.25, 0.3) is 0 Å². The van der Waals surface area contributed by atoms with E-state index < -0.39 is 13.8 Å². The van der Waals surface area contributed by atoms with Gasteiger partial charge >= 0.3 is 0 Å². The van der Waals surface area contributed by atoms with Crippen molar-refractivity contribution in [3.8, 4) is 0 Å². The van der Waals surface area contributed by atoms with E-state index in [0.29, 0.717) is 5.69 Å². The summed E-state index contributed by atoms with van der Waals surface area (Å²) >= 11 is 15.2. The van der Waals surface area contributed by atoms with E-state index in [0.717, 1.165) is 11.1 Å². The zero-order valence-corrected chi connectivity index (χ0v) is 12.3. The number of anilines is 1. The number of aryl methyl sites for hydroxylation is 1. The van der Waals surface area contributed by atoms with Gasteiger partial charge in [-0.3, -0.25) is 4.72 Å². The molecule has 0 aliphatic carbocycles. The molecule has 8 heteroatoms. The highest BCUT2D eigenvalue weighted by Gasteiger charge is 2.24. The zero-order chi connectivity index (χ0) is 13.2. The van der Waals surface area contributed by atoms with Crippen LogP contribution in [-0.4, -0.2) is 13.7 Å². The van der Waals surface area contributed by atoms with Crippen LogP contribution in [0.5, 0.6) is 0 Å². The molecule has 0 bridgehead atoms. The van der Waals surface area contributed by atoms with Gasteiger partial charge in [-0.05, 0) is 35.6 Å². The first-order valence-electron chi connectivity index (χ1n) is 4.58. The number of alkyl halides is 2. The summed E-state index contributed by atoms with van der Waals surface area (Å²) in [6.45, 7) is 3.69. The number of nitrogens with zero attached hydrogens (tertiary/aromatic N) is 1. The van der Waals surface area contributed by atoms with E-state index in [4.69, 9.17) is 23.2 Å². The molecule has 0 saturated heterocycles. The van der Waals surface area contributed by atoms with Gasteiger partial charge in [0, 0.05) is 11.2 Å². The molecular weight excluding hydrogens is 306 g/mol. The SMILES string of the molecule is Cc1cccc(NS(=O)(=S)N(F)C(Cl)Cl)c1C. The number of rotatable bonds is 4. The standard InChI is InChI=1S/C9H11Cl2FN2OS2/c1-6-4-3-5-8(7(6)2)13-17(15,16)14(12)9(10)11/h3-5,9,13H,1-2H3. The lowest BCUT2D eigenvalue weighted by atomic mass is 10.1. The predicted molar refractivity (Wildman–Crippen MR) is 73.5 cm³/mol. The average molecular weight is 317 g/mol. The Hall–Kier alpha value is -0.140. The Labute approximate surface area is 115 Å². The molecular formula is C9H11Cl2FN2OS2. The van der Waals surface area contributed by atoms with E-state index in [1.54, 1.807) is 12.1 Å². The smallest absolute Gasteiger partial charge is 0.206 e. The molecule has 0 aromatic heterocycles. The average Bonchev–Trinajstić information content (AvgIpc) is 2.23. The van der Waals surface area contributed by atoms with E-state index in [1.807, 2.05) is 19.9 Å². The number of nitrogens with one attached hydrogen (secondary N) is 1. The number of benzene rings is 1. The number of halogens is 3. The highest BCUT2D eigenvalue weighted by molar-refractivity contribution is 8.32. The molecule has 0 aliphatic rings. The van der Waals surface area contributed by atoms with Crippen LogP contribution < -0.4 is 4.72 Å². The van der Waals surface area contributed by atoms with Crippen molar-refractivity contribution in [2.24, 2.45) is 0 Å². The molecule has 1 aromatic carbocycles. The topological polar surface area (TPSA) is 32.3 Å². The van der Waals surface area contributed by atoms with Gasteiger partial charge in [-0.1, -0.05) is 35.3 Å². The molecule has 1 atom stereocenters. The first kappa shape index (κ1) is 14.9. The summed E-state index contributed by atoms with van der Waals surface area (Å²) in [5.41, 5.74) is 2.29. The summed E-state index contributed by atoms with van der Waals surface area (Å²) in [5, 5.41) is 0.